The Morgan fingerprint density at radius 3 is 2.60 bits per heavy atom. The lowest BCUT2D eigenvalue weighted by molar-refractivity contribution is 0.0751. The van der Waals surface area contributed by atoms with Gasteiger partial charge in [0, 0.05) is 44.6 Å². The molecule has 0 aromatic carbocycles. The summed E-state index contributed by atoms with van der Waals surface area (Å²) in [6.45, 7) is 2.76. The van der Waals surface area contributed by atoms with Gasteiger partial charge in [-0.1, -0.05) is 11.6 Å². The molecule has 0 spiro atoms. The van der Waals surface area contributed by atoms with Gasteiger partial charge in [-0.15, -0.1) is 11.3 Å². The van der Waals surface area contributed by atoms with Gasteiger partial charge in [0.05, 0.1) is 9.21 Å². The Hall–Kier alpha value is -2.45. The first-order valence-corrected chi connectivity index (χ1v) is 9.00. The van der Waals surface area contributed by atoms with E-state index in [1.807, 2.05) is 21.7 Å². The molecule has 25 heavy (non-hydrogen) atoms. The number of amides is 1. The molecule has 4 heterocycles. The van der Waals surface area contributed by atoms with Crippen LogP contribution < -0.4 is 4.90 Å². The van der Waals surface area contributed by atoms with Crippen LogP contribution in [0.25, 0.3) is 5.82 Å². The molecule has 1 amide bonds. The van der Waals surface area contributed by atoms with Crippen molar-refractivity contribution < 1.29 is 4.79 Å². The second-order valence-corrected chi connectivity index (χ2v) is 7.30. The molecule has 0 atom stereocenters. The van der Waals surface area contributed by atoms with Crippen LogP contribution in [0.1, 0.15) is 9.67 Å². The highest BCUT2D eigenvalue weighted by atomic mass is 35.5. The Labute approximate surface area is 153 Å². The van der Waals surface area contributed by atoms with Crippen LogP contribution in [-0.2, 0) is 0 Å². The van der Waals surface area contributed by atoms with E-state index in [1.54, 1.807) is 31.0 Å². The van der Waals surface area contributed by atoms with Gasteiger partial charge < -0.3 is 9.80 Å². The molecule has 1 aliphatic heterocycles. The maximum absolute atomic E-state index is 12.5. The summed E-state index contributed by atoms with van der Waals surface area (Å²) in [6.07, 6.45) is 6.81. The molecule has 3 aromatic heterocycles. The molecule has 1 aliphatic rings. The highest BCUT2D eigenvalue weighted by Gasteiger charge is 2.24. The SMILES string of the molecule is O=C(c1ccc(Cl)s1)N1CCN(c2cc(-n3ccnc3)ncn2)CC1. The molecule has 0 N–H and O–H groups in total. The summed E-state index contributed by atoms with van der Waals surface area (Å²) < 4.78 is 2.47. The summed E-state index contributed by atoms with van der Waals surface area (Å²) in [4.78, 5) is 29.9. The van der Waals surface area contributed by atoms with Crippen molar-refractivity contribution in [3.63, 3.8) is 0 Å². The Balaban J connectivity index is 1.44. The van der Waals surface area contributed by atoms with Crippen LogP contribution in [0.2, 0.25) is 4.34 Å². The molecule has 9 heteroatoms. The Morgan fingerprint density at radius 1 is 1.12 bits per heavy atom. The fraction of sp³-hybridized carbons (Fsp3) is 0.250. The van der Waals surface area contributed by atoms with Gasteiger partial charge in [0.1, 0.15) is 24.3 Å². The smallest absolute Gasteiger partial charge is 0.264 e. The van der Waals surface area contributed by atoms with Crippen LogP contribution in [0.5, 0.6) is 0 Å². The number of hydrogen-bond acceptors (Lipinski definition) is 6. The van der Waals surface area contributed by atoms with Crippen LogP contribution in [0, 0.1) is 0 Å². The van der Waals surface area contributed by atoms with Crippen molar-refractivity contribution in [3.8, 4) is 5.82 Å². The lowest BCUT2D eigenvalue weighted by Crippen LogP contribution is -2.48. The van der Waals surface area contributed by atoms with E-state index in [0.717, 1.165) is 24.7 Å². The maximum Gasteiger partial charge on any atom is 0.264 e. The lowest BCUT2D eigenvalue weighted by atomic mass is 10.3. The number of hydrogen-bond donors (Lipinski definition) is 0. The molecule has 0 bridgehead atoms. The summed E-state index contributed by atoms with van der Waals surface area (Å²) in [7, 11) is 0. The van der Waals surface area contributed by atoms with Crippen LogP contribution in [0.15, 0.2) is 43.2 Å². The van der Waals surface area contributed by atoms with Crippen LogP contribution in [-0.4, -0.2) is 56.5 Å². The minimum Gasteiger partial charge on any atom is -0.353 e. The van der Waals surface area contributed by atoms with E-state index in [-0.39, 0.29) is 5.91 Å². The quantitative estimate of drug-likeness (QED) is 0.704. The van der Waals surface area contributed by atoms with Crippen LogP contribution in [0.4, 0.5) is 5.82 Å². The number of anilines is 1. The largest absolute Gasteiger partial charge is 0.353 e. The average Bonchev–Trinajstić information content (AvgIpc) is 3.33. The first kappa shape index (κ1) is 16.0. The van der Waals surface area contributed by atoms with Crippen molar-refractivity contribution >= 4 is 34.7 Å². The standard InChI is InChI=1S/C16H15ClN6OS/c17-13-2-1-12(25-13)16(24)22-7-5-21(6-8-22)14-9-15(20-10-19-14)23-4-3-18-11-23/h1-4,9-11H,5-8H2. The Bertz CT molecular complexity index is 872. The molecular weight excluding hydrogens is 360 g/mol. The molecule has 128 valence electrons. The van der Waals surface area contributed by atoms with Gasteiger partial charge in [0.25, 0.3) is 5.91 Å². The predicted molar refractivity (Wildman–Crippen MR) is 96.6 cm³/mol. The van der Waals surface area contributed by atoms with Crippen molar-refractivity contribution in [1.29, 1.82) is 0 Å². The summed E-state index contributed by atoms with van der Waals surface area (Å²) in [5.74, 6) is 1.66. The molecule has 0 unspecified atom stereocenters. The number of thiophene rings is 1. The molecule has 4 rings (SSSR count). The lowest BCUT2D eigenvalue weighted by Gasteiger charge is -2.35. The van der Waals surface area contributed by atoms with E-state index in [9.17, 15) is 4.79 Å². The zero-order chi connectivity index (χ0) is 17.2. The maximum atomic E-state index is 12.5. The van der Waals surface area contributed by atoms with Crippen molar-refractivity contribution in [2.24, 2.45) is 0 Å². The first-order valence-electron chi connectivity index (χ1n) is 7.80. The van der Waals surface area contributed by atoms with E-state index in [1.165, 1.54) is 11.3 Å². The monoisotopic (exact) mass is 374 g/mol. The van der Waals surface area contributed by atoms with Crippen LogP contribution in [0.3, 0.4) is 0 Å². The summed E-state index contributed by atoms with van der Waals surface area (Å²) in [5, 5.41) is 0. The minimum absolute atomic E-state index is 0.0401. The Kier molecular flexibility index (Phi) is 4.37. The number of aromatic nitrogens is 4. The summed E-state index contributed by atoms with van der Waals surface area (Å²) >= 11 is 7.24. The van der Waals surface area contributed by atoms with Gasteiger partial charge in [-0.25, -0.2) is 15.0 Å². The van der Waals surface area contributed by atoms with Gasteiger partial charge in [0.15, 0.2) is 0 Å². The first-order chi connectivity index (χ1) is 12.2. The van der Waals surface area contributed by atoms with E-state index in [0.29, 0.717) is 22.3 Å². The zero-order valence-corrected chi connectivity index (χ0v) is 14.8. The average molecular weight is 375 g/mol. The number of piperazine rings is 1. The highest BCUT2D eigenvalue weighted by molar-refractivity contribution is 7.17. The number of rotatable bonds is 3. The molecular formula is C16H15ClN6OS. The van der Waals surface area contributed by atoms with E-state index in [4.69, 9.17) is 11.6 Å². The fourth-order valence-electron chi connectivity index (χ4n) is 2.77. The molecule has 0 radical (unpaired) electrons. The number of carbonyl (C=O) groups is 1. The van der Waals surface area contributed by atoms with E-state index in [2.05, 4.69) is 19.9 Å². The van der Waals surface area contributed by atoms with Gasteiger partial charge in [-0.2, -0.15) is 0 Å². The second-order valence-electron chi connectivity index (χ2n) is 5.59. The van der Waals surface area contributed by atoms with Crippen molar-refractivity contribution in [2.75, 3.05) is 31.1 Å². The van der Waals surface area contributed by atoms with Crippen molar-refractivity contribution in [1.82, 2.24) is 24.4 Å². The van der Waals surface area contributed by atoms with E-state index >= 15 is 0 Å². The second kappa shape index (κ2) is 6.81. The van der Waals surface area contributed by atoms with Gasteiger partial charge >= 0.3 is 0 Å². The minimum atomic E-state index is 0.0401. The Morgan fingerprint density at radius 2 is 1.92 bits per heavy atom. The molecule has 1 fully saturated rings. The number of carbonyl (C=O) groups excluding carboxylic acids is 1. The van der Waals surface area contributed by atoms with E-state index < -0.39 is 0 Å². The number of nitrogens with zero attached hydrogens (tertiary/aromatic N) is 6. The van der Waals surface area contributed by atoms with Crippen molar-refractivity contribution in [2.45, 2.75) is 0 Å². The molecule has 0 aliphatic carbocycles. The number of halogens is 1. The molecule has 7 nitrogen and oxygen atoms in total. The summed E-state index contributed by atoms with van der Waals surface area (Å²) in [5.41, 5.74) is 0. The zero-order valence-electron chi connectivity index (χ0n) is 13.2. The molecule has 0 saturated carbocycles. The third-order valence-electron chi connectivity index (χ3n) is 4.08. The van der Waals surface area contributed by atoms with Gasteiger partial charge in [-0.05, 0) is 12.1 Å². The van der Waals surface area contributed by atoms with Crippen molar-refractivity contribution in [3.05, 3.63) is 52.5 Å². The normalized spacial score (nSPS) is 14.8. The third kappa shape index (κ3) is 3.35. The fourth-order valence-corrected chi connectivity index (χ4v) is 3.78. The highest BCUT2D eigenvalue weighted by Crippen LogP contribution is 2.24. The number of imidazole rings is 1. The molecule has 3 aromatic rings. The predicted octanol–water partition coefficient (Wildman–Crippen LogP) is 2.34. The topological polar surface area (TPSA) is 67.2 Å². The van der Waals surface area contributed by atoms with Gasteiger partial charge in [-0.3, -0.25) is 9.36 Å². The summed E-state index contributed by atoms with van der Waals surface area (Å²) in [6, 6.07) is 5.47. The van der Waals surface area contributed by atoms with Crippen LogP contribution >= 0.6 is 22.9 Å². The van der Waals surface area contributed by atoms with Gasteiger partial charge in [0.2, 0.25) is 0 Å². The third-order valence-corrected chi connectivity index (χ3v) is 5.30. The molecule has 1 saturated heterocycles.